The summed E-state index contributed by atoms with van der Waals surface area (Å²) in [6.45, 7) is 2.97. The number of likely N-dealkylation sites (N-methyl/N-ethyl adjacent to an activating group) is 1. The maximum absolute atomic E-state index is 13.1. The number of halogens is 1. The van der Waals surface area contributed by atoms with Gasteiger partial charge in [-0.05, 0) is 42.3 Å². The minimum Gasteiger partial charge on any atom is -0.489 e. The van der Waals surface area contributed by atoms with Crippen LogP contribution >= 0.6 is 0 Å². The molecule has 0 spiro atoms. The number of benzene rings is 2. The van der Waals surface area contributed by atoms with Gasteiger partial charge >= 0.3 is 0 Å². The summed E-state index contributed by atoms with van der Waals surface area (Å²) in [6.07, 6.45) is 5.22. The van der Waals surface area contributed by atoms with Crippen molar-refractivity contribution in [2.45, 2.75) is 26.1 Å². The first-order valence-corrected chi connectivity index (χ1v) is 8.37. The first-order chi connectivity index (χ1) is 12.5. The largest absolute Gasteiger partial charge is 0.489 e. The number of carbonyl (C=O) groups is 1. The van der Waals surface area contributed by atoms with E-state index in [4.69, 9.17) is 11.2 Å². The van der Waals surface area contributed by atoms with E-state index in [2.05, 4.69) is 11.2 Å². The number of ether oxygens (including phenoxy) is 1. The van der Waals surface area contributed by atoms with Crippen molar-refractivity contribution in [3.8, 4) is 18.1 Å². The zero-order chi connectivity index (χ0) is 18.9. The quantitative estimate of drug-likeness (QED) is 0.741. The lowest BCUT2D eigenvalue weighted by molar-refractivity contribution is -0.131. The summed E-state index contributed by atoms with van der Waals surface area (Å²) in [4.78, 5) is 13.6. The van der Waals surface area contributed by atoms with Crippen LogP contribution in [0.1, 0.15) is 18.1 Å². The predicted octanol–water partition coefficient (Wildman–Crippen LogP) is 2.97. The Bertz CT molecular complexity index is 768. The fraction of sp³-hybridized carbons (Fsp3) is 0.286. The standard InChI is InChI=1S/C21H23FN2O2/c1-4-12-24(3)21(25)16(2)23-14-17-8-10-20(11-9-17)26-15-18-6-5-7-19(22)13-18/h1,5-11,13,16,23H,12,14-15H2,2-3H3/t16-/m0/s1. The monoisotopic (exact) mass is 354 g/mol. The number of nitrogens with one attached hydrogen (secondary N) is 1. The van der Waals surface area contributed by atoms with Gasteiger partial charge in [-0.15, -0.1) is 6.42 Å². The van der Waals surface area contributed by atoms with Crippen molar-refractivity contribution in [2.75, 3.05) is 13.6 Å². The lowest BCUT2D eigenvalue weighted by atomic mass is 10.2. The fourth-order valence-corrected chi connectivity index (χ4v) is 2.40. The molecule has 0 saturated heterocycles. The molecular weight excluding hydrogens is 331 g/mol. The molecular formula is C21H23FN2O2. The molecule has 0 aliphatic rings. The molecule has 0 saturated carbocycles. The van der Waals surface area contributed by atoms with Crippen molar-refractivity contribution >= 4 is 5.91 Å². The molecule has 0 bridgehead atoms. The van der Waals surface area contributed by atoms with E-state index in [1.807, 2.05) is 37.3 Å². The molecule has 0 aliphatic heterocycles. The molecule has 0 fully saturated rings. The zero-order valence-electron chi connectivity index (χ0n) is 15.0. The average molecular weight is 354 g/mol. The van der Waals surface area contributed by atoms with E-state index < -0.39 is 0 Å². The predicted molar refractivity (Wildman–Crippen MR) is 99.9 cm³/mol. The Kier molecular flexibility index (Phi) is 7.19. The van der Waals surface area contributed by atoms with Crippen LogP contribution in [0.5, 0.6) is 5.75 Å². The highest BCUT2D eigenvalue weighted by molar-refractivity contribution is 5.81. The number of hydrogen-bond donors (Lipinski definition) is 1. The molecule has 5 heteroatoms. The van der Waals surface area contributed by atoms with Gasteiger partial charge in [-0.3, -0.25) is 4.79 Å². The molecule has 0 aromatic heterocycles. The van der Waals surface area contributed by atoms with Gasteiger partial charge in [0.15, 0.2) is 0 Å². The minimum absolute atomic E-state index is 0.0435. The van der Waals surface area contributed by atoms with E-state index in [-0.39, 0.29) is 17.8 Å². The van der Waals surface area contributed by atoms with Gasteiger partial charge in [0.1, 0.15) is 18.2 Å². The molecule has 1 atom stereocenters. The van der Waals surface area contributed by atoms with Gasteiger partial charge in [-0.1, -0.05) is 30.2 Å². The van der Waals surface area contributed by atoms with Crippen LogP contribution in [0, 0.1) is 18.2 Å². The number of carbonyl (C=O) groups excluding carboxylic acids is 1. The summed E-state index contributed by atoms with van der Waals surface area (Å²) in [5.41, 5.74) is 1.81. The third kappa shape index (κ3) is 5.91. The van der Waals surface area contributed by atoms with E-state index in [9.17, 15) is 9.18 Å². The normalized spacial score (nSPS) is 11.5. The van der Waals surface area contributed by atoms with Crippen molar-refractivity contribution < 1.29 is 13.9 Å². The van der Waals surface area contributed by atoms with E-state index in [1.54, 1.807) is 13.1 Å². The highest BCUT2D eigenvalue weighted by Gasteiger charge is 2.15. The van der Waals surface area contributed by atoms with Crippen LogP contribution in [0.15, 0.2) is 48.5 Å². The summed E-state index contributed by atoms with van der Waals surface area (Å²) in [6, 6.07) is 13.6. The molecule has 0 heterocycles. The lowest BCUT2D eigenvalue weighted by Gasteiger charge is -2.20. The fourth-order valence-electron chi connectivity index (χ4n) is 2.40. The van der Waals surface area contributed by atoms with Gasteiger partial charge < -0.3 is 15.0 Å². The number of hydrogen-bond acceptors (Lipinski definition) is 3. The van der Waals surface area contributed by atoms with Gasteiger partial charge in [-0.25, -0.2) is 4.39 Å². The number of rotatable bonds is 8. The highest BCUT2D eigenvalue weighted by atomic mass is 19.1. The van der Waals surface area contributed by atoms with E-state index >= 15 is 0 Å². The molecule has 136 valence electrons. The molecule has 1 N–H and O–H groups in total. The van der Waals surface area contributed by atoms with Crippen LogP contribution in [-0.4, -0.2) is 30.4 Å². The highest BCUT2D eigenvalue weighted by Crippen LogP contribution is 2.15. The summed E-state index contributed by atoms with van der Waals surface area (Å²) in [7, 11) is 1.69. The molecule has 0 radical (unpaired) electrons. The van der Waals surface area contributed by atoms with Gasteiger partial charge in [0.25, 0.3) is 0 Å². The van der Waals surface area contributed by atoms with E-state index in [1.165, 1.54) is 17.0 Å². The summed E-state index contributed by atoms with van der Waals surface area (Å²) < 4.78 is 18.8. The number of amides is 1. The molecule has 2 aromatic rings. The van der Waals surface area contributed by atoms with Crippen molar-refractivity contribution in [1.29, 1.82) is 0 Å². The minimum atomic E-state index is -0.322. The van der Waals surface area contributed by atoms with Crippen LogP contribution in [-0.2, 0) is 17.9 Å². The number of nitrogens with zero attached hydrogens (tertiary/aromatic N) is 1. The van der Waals surface area contributed by atoms with Crippen molar-refractivity contribution in [3.63, 3.8) is 0 Å². The van der Waals surface area contributed by atoms with Crippen LogP contribution in [0.3, 0.4) is 0 Å². The second-order valence-corrected chi connectivity index (χ2v) is 6.06. The topological polar surface area (TPSA) is 41.6 Å². The summed E-state index contributed by atoms with van der Waals surface area (Å²) >= 11 is 0. The summed E-state index contributed by atoms with van der Waals surface area (Å²) in [5, 5.41) is 3.18. The molecule has 0 unspecified atom stereocenters. The SMILES string of the molecule is C#CCN(C)C(=O)[C@H](C)NCc1ccc(OCc2cccc(F)c2)cc1. The Morgan fingerprint density at radius 3 is 2.65 bits per heavy atom. The first kappa shape index (κ1) is 19.5. The lowest BCUT2D eigenvalue weighted by Crippen LogP contribution is -2.42. The molecule has 2 rings (SSSR count). The Hall–Kier alpha value is -2.84. The zero-order valence-corrected chi connectivity index (χ0v) is 15.0. The maximum Gasteiger partial charge on any atom is 0.239 e. The Morgan fingerprint density at radius 2 is 2.00 bits per heavy atom. The molecule has 0 aliphatic carbocycles. The Labute approximate surface area is 154 Å². The second kappa shape index (κ2) is 9.59. The third-order valence-electron chi connectivity index (χ3n) is 3.91. The van der Waals surface area contributed by atoms with Crippen LogP contribution < -0.4 is 10.1 Å². The Morgan fingerprint density at radius 1 is 1.27 bits per heavy atom. The van der Waals surface area contributed by atoms with E-state index in [0.29, 0.717) is 25.4 Å². The Balaban J connectivity index is 1.82. The van der Waals surface area contributed by atoms with Crippen molar-refractivity contribution in [1.82, 2.24) is 10.2 Å². The van der Waals surface area contributed by atoms with Crippen molar-refractivity contribution in [3.05, 3.63) is 65.5 Å². The molecule has 4 nitrogen and oxygen atoms in total. The van der Waals surface area contributed by atoms with E-state index in [0.717, 1.165) is 11.1 Å². The maximum atomic E-state index is 13.1. The van der Waals surface area contributed by atoms with Gasteiger partial charge in [-0.2, -0.15) is 0 Å². The first-order valence-electron chi connectivity index (χ1n) is 8.37. The van der Waals surface area contributed by atoms with Gasteiger partial charge in [0.05, 0.1) is 12.6 Å². The van der Waals surface area contributed by atoms with Gasteiger partial charge in [0, 0.05) is 13.6 Å². The molecule has 26 heavy (non-hydrogen) atoms. The van der Waals surface area contributed by atoms with Crippen LogP contribution in [0.4, 0.5) is 4.39 Å². The number of terminal acetylenes is 1. The van der Waals surface area contributed by atoms with Crippen molar-refractivity contribution in [2.24, 2.45) is 0 Å². The molecule has 2 aromatic carbocycles. The smallest absolute Gasteiger partial charge is 0.239 e. The molecule has 1 amide bonds. The third-order valence-corrected chi connectivity index (χ3v) is 3.91. The second-order valence-electron chi connectivity index (χ2n) is 6.06. The van der Waals surface area contributed by atoms with Gasteiger partial charge in [0.2, 0.25) is 5.91 Å². The van der Waals surface area contributed by atoms with Crippen LogP contribution in [0.25, 0.3) is 0 Å². The van der Waals surface area contributed by atoms with Crippen LogP contribution in [0.2, 0.25) is 0 Å². The average Bonchev–Trinajstić information content (AvgIpc) is 2.65. The summed E-state index contributed by atoms with van der Waals surface area (Å²) in [5.74, 6) is 2.84.